The molecule has 0 spiro atoms. The molecule has 82 valence electrons. The van der Waals surface area contributed by atoms with E-state index in [1.807, 2.05) is 13.8 Å². The maximum atomic E-state index is 5.96. The zero-order chi connectivity index (χ0) is 10.8. The molecule has 1 aliphatic rings. The maximum absolute atomic E-state index is 5.96. The molecule has 0 saturated carbocycles. The van der Waals surface area contributed by atoms with E-state index in [0.717, 1.165) is 12.8 Å². The zero-order valence-corrected chi connectivity index (χ0v) is 10.3. The predicted octanol–water partition coefficient (Wildman–Crippen LogP) is 3.63. The van der Waals surface area contributed by atoms with Crippen molar-refractivity contribution in [1.82, 2.24) is 0 Å². The highest BCUT2D eigenvalue weighted by molar-refractivity contribution is 6.36. The van der Waals surface area contributed by atoms with Crippen molar-refractivity contribution < 1.29 is 9.47 Å². The van der Waals surface area contributed by atoms with Crippen LogP contribution in [-0.4, -0.2) is 17.8 Å². The fourth-order valence-electron chi connectivity index (χ4n) is 1.48. The van der Waals surface area contributed by atoms with Crippen molar-refractivity contribution >= 4 is 23.2 Å². The van der Waals surface area contributed by atoms with Gasteiger partial charge in [-0.3, -0.25) is 0 Å². The number of halogens is 2. The molecule has 4 heteroatoms. The van der Waals surface area contributed by atoms with Crippen LogP contribution in [0.2, 0.25) is 0 Å². The third-order valence-corrected chi connectivity index (χ3v) is 2.82. The monoisotopic (exact) mass is 238 g/mol. The first-order valence-electron chi connectivity index (χ1n) is 4.80. The molecule has 1 heterocycles. The molecule has 1 saturated heterocycles. The van der Waals surface area contributed by atoms with Crippen LogP contribution in [0, 0.1) is 0 Å². The van der Waals surface area contributed by atoms with Crippen molar-refractivity contribution in [1.29, 1.82) is 0 Å². The lowest BCUT2D eigenvalue weighted by atomic mass is 10.1. The molecule has 2 nitrogen and oxygen atoms in total. The fraction of sp³-hybridized carbons (Fsp3) is 0.800. The van der Waals surface area contributed by atoms with Crippen molar-refractivity contribution in [3.05, 3.63) is 10.8 Å². The zero-order valence-electron chi connectivity index (χ0n) is 8.77. The number of alkyl halides is 1. The van der Waals surface area contributed by atoms with Crippen molar-refractivity contribution in [3.8, 4) is 0 Å². The van der Waals surface area contributed by atoms with E-state index in [-0.39, 0.29) is 12.2 Å². The number of rotatable bonds is 3. The quantitative estimate of drug-likeness (QED) is 0.700. The van der Waals surface area contributed by atoms with Crippen LogP contribution in [0.3, 0.4) is 0 Å². The van der Waals surface area contributed by atoms with E-state index < -0.39 is 5.60 Å². The maximum Gasteiger partial charge on any atom is 0.200 e. The van der Waals surface area contributed by atoms with Gasteiger partial charge in [0.1, 0.15) is 11.4 Å². The molecule has 1 rings (SSSR count). The van der Waals surface area contributed by atoms with Crippen LogP contribution in [0.5, 0.6) is 0 Å². The van der Waals surface area contributed by atoms with Gasteiger partial charge in [0.05, 0.1) is 10.9 Å². The van der Waals surface area contributed by atoms with Crippen LogP contribution in [0.25, 0.3) is 0 Å². The van der Waals surface area contributed by atoms with Gasteiger partial charge in [-0.15, -0.1) is 11.6 Å². The Balaban J connectivity index is 2.79. The summed E-state index contributed by atoms with van der Waals surface area (Å²) >= 11 is 11.6. The molecular formula is C10H16Cl2O2. The molecule has 0 bridgehead atoms. The summed E-state index contributed by atoms with van der Waals surface area (Å²) in [4.78, 5) is 0. The molecular weight excluding hydrogens is 223 g/mol. The lowest BCUT2D eigenvalue weighted by Gasteiger charge is -2.16. The molecule has 1 atom stereocenters. The van der Waals surface area contributed by atoms with E-state index in [4.69, 9.17) is 32.7 Å². The minimum Gasteiger partial charge on any atom is -0.465 e. The first kappa shape index (κ1) is 12.2. The molecule has 0 aromatic carbocycles. The largest absolute Gasteiger partial charge is 0.465 e. The third kappa shape index (κ3) is 2.56. The third-order valence-electron chi connectivity index (χ3n) is 2.11. The van der Waals surface area contributed by atoms with Gasteiger partial charge in [-0.25, -0.2) is 0 Å². The van der Waals surface area contributed by atoms with Crippen molar-refractivity contribution in [3.63, 3.8) is 0 Å². The van der Waals surface area contributed by atoms with Gasteiger partial charge in [0, 0.05) is 6.42 Å². The smallest absolute Gasteiger partial charge is 0.200 e. The predicted molar refractivity (Wildman–Crippen MR) is 58.5 cm³/mol. The summed E-state index contributed by atoms with van der Waals surface area (Å²) in [6.45, 7) is 5.96. The molecule has 1 unspecified atom stereocenters. The average molecular weight is 239 g/mol. The van der Waals surface area contributed by atoms with E-state index >= 15 is 0 Å². The van der Waals surface area contributed by atoms with Crippen molar-refractivity contribution in [2.45, 2.75) is 45.5 Å². The summed E-state index contributed by atoms with van der Waals surface area (Å²) in [6.07, 6.45) is 1.72. The fourth-order valence-corrected chi connectivity index (χ4v) is 1.88. The number of hydrogen-bond donors (Lipinski definition) is 0. The Morgan fingerprint density at radius 3 is 2.64 bits per heavy atom. The number of ether oxygens (including phenoxy) is 2. The van der Waals surface area contributed by atoms with Gasteiger partial charge in [0.25, 0.3) is 0 Å². The number of hydrogen-bond acceptors (Lipinski definition) is 2. The number of allylic oxidation sites excluding steroid dienone is 1. The van der Waals surface area contributed by atoms with Crippen LogP contribution >= 0.6 is 23.2 Å². The molecule has 1 fully saturated rings. The van der Waals surface area contributed by atoms with E-state index in [2.05, 4.69) is 6.92 Å². The van der Waals surface area contributed by atoms with Gasteiger partial charge in [-0.05, 0) is 13.8 Å². The summed E-state index contributed by atoms with van der Waals surface area (Å²) in [5.74, 6) is 0.940. The molecule has 14 heavy (non-hydrogen) atoms. The Hall–Kier alpha value is 0.0800. The van der Waals surface area contributed by atoms with Crippen LogP contribution in [-0.2, 0) is 9.47 Å². The molecule has 0 radical (unpaired) electrons. The van der Waals surface area contributed by atoms with E-state index in [1.165, 1.54) is 0 Å². The van der Waals surface area contributed by atoms with Crippen LogP contribution in [0.1, 0.15) is 33.6 Å². The highest BCUT2D eigenvalue weighted by Crippen LogP contribution is 2.37. The summed E-state index contributed by atoms with van der Waals surface area (Å²) < 4.78 is 11.3. The molecule has 1 aliphatic heterocycles. The molecule has 0 aromatic heterocycles. The second-order valence-corrected chi connectivity index (χ2v) is 4.56. The summed E-state index contributed by atoms with van der Waals surface area (Å²) in [7, 11) is 0. The topological polar surface area (TPSA) is 18.5 Å². The molecule has 0 aromatic rings. The molecule has 0 aliphatic carbocycles. The normalized spacial score (nSPS) is 28.8. The van der Waals surface area contributed by atoms with E-state index in [1.54, 1.807) is 0 Å². The Bertz CT molecular complexity index is 236. The lowest BCUT2D eigenvalue weighted by molar-refractivity contribution is -0.0810. The summed E-state index contributed by atoms with van der Waals surface area (Å²) in [5.41, 5.74) is -0.453. The van der Waals surface area contributed by atoms with E-state index in [0.29, 0.717) is 10.8 Å². The Morgan fingerprint density at radius 2 is 2.14 bits per heavy atom. The van der Waals surface area contributed by atoms with Gasteiger partial charge in [-0.2, -0.15) is 0 Å². The van der Waals surface area contributed by atoms with Gasteiger partial charge in [0.2, 0.25) is 6.29 Å². The first-order valence-corrected chi connectivity index (χ1v) is 5.72. The summed E-state index contributed by atoms with van der Waals surface area (Å²) in [6, 6.07) is 0. The Morgan fingerprint density at radius 1 is 1.50 bits per heavy atom. The van der Waals surface area contributed by atoms with Gasteiger partial charge in [0.15, 0.2) is 0 Å². The Labute approximate surface area is 95.2 Å². The standard InChI is InChI=1S/C10H16Cl2O2/c1-4-5-8-13-9(7(12)6-11)10(2,3)14-8/h8H,4-6H2,1-3H3. The molecule has 0 N–H and O–H groups in total. The minimum atomic E-state index is -0.453. The van der Waals surface area contributed by atoms with Crippen molar-refractivity contribution in [2.24, 2.45) is 0 Å². The van der Waals surface area contributed by atoms with Crippen LogP contribution < -0.4 is 0 Å². The Kier molecular flexibility index (Phi) is 4.11. The molecule has 0 amide bonds. The first-order chi connectivity index (χ1) is 6.51. The van der Waals surface area contributed by atoms with E-state index in [9.17, 15) is 0 Å². The second-order valence-electron chi connectivity index (χ2n) is 3.83. The van der Waals surface area contributed by atoms with Gasteiger partial charge < -0.3 is 9.47 Å². The second kappa shape index (κ2) is 4.73. The highest BCUT2D eigenvalue weighted by atomic mass is 35.5. The SMILES string of the molecule is CCCC1OC(=C(Cl)CCl)C(C)(C)O1. The average Bonchev–Trinajstić information content (AvgIpc) is 2.40. The summed E-state index contributed by atoms with van der Waals surface area (Å²) in [5, 5.41) is 0.537. The van der Waals surface area contributed by atoms with Gasteiger partial charge >= 0.3 is 0 Å². The van der Waals surface area contributed by atoms with Gasteiger partial charge in [-0.1, -0.05) is 24.9 Å². The lowest BCUT2D eigenvalue weighted by Crippen LogP contribution is -2.22. The minimum absolute atomic E-state index is 0.179. The highest BCUT2D eigenvalue weighted by Gasteiger charge is 2.39. The van der Waals surface area contributed by atoms with Crippen molar-refractivity contribution in [2.75, 3.05) is 5.88 Å². The van der Waals surface area contributed by atoms with Crippen LogP contribution in [0.4, 0.5) is 0 Å². The van der Waals surface area contributed by atoms with Crippen LogP contribution in [0.15, 0.2) is 10.8 Å².